The van der Waals surface area contributed by atoms with Gasteiger partial charge in [-0.15, -0.1) is 0 Å². The number of fused-ring (bicyclic) bond motifs is 1. The first kappa shape index (κ1) is 32.6. The minimum absolute atomic E-state index is 0.0670. The monoisotopic (exact) mass is 636 g/mol. The minimum atomic E-state index is -1.74. The van der Waals surface area contributed by atoms with Gasteiger partial charge in [0.25, 0.3) is 0 Å². The molecule has 0 bridgehead atoms. The molecule has 16 nitrogen and oxygen atoms in total. The molecule has 244 valence electrons. The van der Waals surface area contributed by atoms with Crippen molar-refractivity contribution in [3.05, 3.63) is 52.7 Å². The third-order valence-corrected chi connectivity index (χ3v) is 7.39. The van der Waals surface area contributed by atoms with E-state index in [9.17, 15) is 50.4 Å². The van der Waals surface area contributed by atoms with Crippen molar-refractivity contribution < 1.29 is 73.7 Å². The van der Waals surface area contributed by atoms with Gasteiger partial charge in [0.2, 0.25) is 12.6 Å². The quantitative estimate of drug-likeness (QED) is 0.126. The summed E-state index contributed by atoms with van der Waals surface area (Å²) in [6.45, 7) is 0.0809. The molecule has 45 heavy (non-hydrogen) atoms. The van der Waals surface area contributed by atoms with Crippen LogP contribution in [0.25, 0.3) is 22.3 Å². The number of carbonyl (C=O) groups is 1. The Balaban J connectivity index is 1.36. The summed E-state index contributed by atoms with van der Waals surface area (Å²) in [7, 11) is 0. The van der Waals surface area contributed by atoms with Crippen molar-refractivity contribution in [3.8, 4) is 28.6 Å². The number of phenols is 1. The first-order valence-corrected chi connectivity index (χ1v) is 13.8. The molecule has 3 heterocycles. The fraction of sp³-hybridized carbons (Fsp3) is 0.448. The Kier molecular flexibility index (Phi) is 9.59. The van der Waals surface area contributed by atoms with Crippen LogP contribution < -0.4 is 14.9 Å². The molecule has 10 atom stereocenters. The number of esters is 1. The molecule has 2 saturated heterocycles. The van der Waals surface area contributed by atoms with Gasteiger partial charge in [0, 0.05) is 30.7 Å². The third kappa shape index (κ3) is 6.74. The number of hydrogen-bond acceptors (Lipinski definition) is 16. The third-order valence-electron chi connectivity index (χ3n) is 7.39. The largest absolute Gasteiger partial charge is 0.507 e. The second-order valence-electron chi connectivity index (χ2n) is 10.6. The van der Waals surface area contributed by atoms with Crippen molar-refractivity contribution in [2.24, 2.45) is 0 Å². The van der Waals surface area contributed by atoms with E-state index >= 15 is 0 Å². The number of aliphatic hydroxyl groups excluding tert-OH is 7. The van der Waals surface area contributed by atoms with E-state index in [0.29, 0.717) is 5.56 Å². The molecule has 5 rings (SSSR count). The summed E-state index contributed by atoms with van der Waals surface area (Å²) in [5.74, 6) is -1.08. The highest BCUT2D eigenvalue weighted by molar-refractivity contribution is 5.86. The molecule has 16 heteroatoms. The van der Waals surface area contributed by atoms with Crippen molar-refractivity contribution in [1.29, 1.82) is 0 Å². The summed E-state index contributed by atoms with van der Waals surface area (Å²) in [5.41, 5.74) is -0.334. The Bertz CT molecular complexity index is 1550. The van der Waals surface area contributed by atoms with Gasteiger partial charge in [0.05, 0.1) is 6.61 Å². The van der Waals surface area contributed by atoms with Gasteiger partial charge in [-0.2, -0.15) is 0 Å². The first-order valence-electron chi connectivity index (χ1n) is 13.8. The Morgan fingerprint density at radius 2 is 1.36 bits per heavy atom. The van der Waals surface area contributed by atoms with Gasteiger partial charge >= 0.3 is 5.97 Å². The van der Waals surface area contributed by atoms with E-state index in [2.05, 4.69) is 0 Å². The summed E-state index contributed by atoms with van der Waals surface area (Å²) in [6, 6.07) is 9.36. The highest BCUT2D eigenvalue weighted by Crippen LogP contribution is 2.34. The normalized spacial score (nSPS) is 31.8. The van der Waals surface area contributed by atoms with Crippen LogP contribution in [0, 0.1) is 0 Å². The van der Waals surface area contributed by atoms with Gasteiger partial charge < -0.3 is 69.0 Å². The second kappa shape index (κ2) is 13.3. The van der Waals surface area contributed by atoms with E-state index in [1.165, 1.54) is 30.3 Å². The molecule has 0 radical (unpaired) electrons. The predicted octanol–water partition coefficient (Wildman–Crippen LogP) is -1.91. The molecular weight excluding hydrogens is 604 g/mol. The molecule has 8 N–H and O–H groups in total. The standard InChI is InChI=1S/C29H32O16/c1-11(31)40-10-20-23(35)25(37)27(39)29(45-20)42-14-6-15(32)21-16(33)8-17(43-18(21)7-14)12-2-4-13(5-3-12)41-28-26(38)24(36)22(34)19(9-30)44-28/h2-8,19-20,22-30,32,34-39H,9-10H2,1H3. The maximum atomic E-state index is 12.9. The van der Waals surface area contributed by atoms with Crippen molar-refractivity contribution in [1.82, 2.24) is 0 Å². The minimum Gasteiger partial charge on any atom is -0.507 e. The van der Waals surface area contributed by atoms with E-state index < -0.39 is 91.8 Å². The molecular formula is C29H32O16. The molecule has 0 saturated carbocycles. The Morgan fingerprint density at radius 1 is 0.778 bits per heavy atom. The van der Waals surface area contributed by atoms with E-state index in [1.807, 2.05) is 0 Å². The molecule has 2 aliphatic rings. The average Bonchev–Trinajstić information content (AvgIpc) is 3.00. The lowest BCUT2D eigenvalue weighted by atomic mass is 9.99. The summed E-state index contributed by atoms with van der Waals surface area (Å²) in [4.78, 5) is 24.1. The van der Waals surface area contributed by atoms with Gasteiger partial charge in [0.15, 0.2) is 5.43 Å². The summed E-state index contributed by atoms with van der Waals surface area (Å²) < 4.78 is 32.7. The molecule has 3 aromatic rings. The zero-order valence-electron chi connectivity index (χ0n) is 23.6. The number of carbonyl (C=O) groups excluding carboxylic acids is 1. The van der Waals surface area contributed by atoms with Crippen molar-refractivity contribution in [2.75, 3.05) is 13.2 Å². The zero-order valence-corrected chi connectivity index (χ0v) is 23.6. The van der Waals surface area contributed by atoms with Gasteiger partial charge in [-0.25, -0.2) is 0 Å². The molecule has 2 fully saturated rings. The van der Waals surface area contributed by atoms with Crippen LogP contribution in [0.5, 0.6) is 17.2 Å². The van der Waals surface area contributed by atoms with Crippen LogP contribution in [-0.2, 0) is 19.0 Å². The average molecular weight is 637 g/mol. The fourth-order valence-corrected chi connectivity index (χ4v) is 4.94. The summed E-state index contributed by atoms with van der Waals surface area (Å²) in [5, 5.41) is 80.7. The van der Waals surface area contributed by atoms with Crippen LogP contribution in [-0.4, -0.2) is 121 Å². The van der Waals surface area contributed by atoms with Gasteiger partial charge in [-0.05, 0) is 24.3 Å². The molecule has 2 aromatic carbocycles. The predicted molar refractivity (Wildman–Crippen MR) is 148 cm³/mol. The number of aromatic hydroxyl groups is 1. The molecule has 1 aromatic heterocycles. The topological polar surface area (TPSA) is 255 Å². The number of hydrogen-bond donors (Lipinski definition) is 8. The maximum Gasteiger partial charge on any atom is 0.302 e. The fourth-order valence-electron chi connectivity index (χ4n) is 4.94. The smallest absolute Gasteiger partial charge is 0.302 e. The summed E-state index contributed by atoms with van der Waals surface area (Å²) >= 11 is 0. The van der Waals surface area contributed by atoms with Gasteiger partial charge in [-0.1, -0.05) is 0 Å². The lowest BCUT2D eigenvalue weighted by molar-refractivity contribution is -0.278. The van der Waals surface area contributed by atoms with Crippen LogP contribution in [0.2, 0.25) is 0 Å². The van der Waals surface area contributed by atoms with Crippen molar-refractivity contribution in [2.45, 2.75) is 68.3 Å². The Labute approximate surface area is 253 Å². The maximum absolute atomic E-state index is 12.9. The van der Waals surface area contributed by atoms with Crippen LogP contribution in [0.1, 0.15) is 6.92 Å². The van der Waals surface area contributed by atoms with E-state index in [4.69, 9.17) is 28.1 Å². The number of ether oxygens (including phenoxy) is 5. The van der Waals surface area contributed by atoms with Crippen LogP contribution >= 0.6 is 0 Å². The summed E-state index contributed by atoms with van der Waals surface area (Å²) in [6.07, 6.45) is -15.2. The lowest BCUT2D eigenvalue weighted by Crippen LogP contribution is -2.60. The molecule has 2 aliphatic heterocycles. The Morgan fingerprint density at radius 3 is 1.96 bits per heavy atom. The lowest BCUT2D eigenvalue weighted by Gasteiger charge is -2.39. The van der Waals surface area contributed by atoms with Crippen LogP contribution in [0.3, 0.4) is 0 Å². The first-order chi connectivity index (χ1) is 21.4. The number of aliphatic hydroxyl groups is 7. The highest BCUT2D eigenvalue weighted by Gasteiger charge is 2.46. The second-order valence-corrected chi connectivity index (χ2v) is 10.6. The highest BCUT2D eigenvalue weighted by atomic mass is 16.7. The molecule has 0 spiro atoms. The SMILES string of the molecule is CC(=O)OCC1OC(Oc2cc(O)c3c(=O)cc(-c4ccc(OC5OC(CO)C(O)C(O)C5O)cc4)oc3c2)C(O)C(O)C1O. The molecule has 0 amide bonds. The van der Waals surface area contributed by atoms with Crippen LogP contribution in [0.15, 0.2) is 51.7 Å². The van der Waals surface area contributed by atoms with Crippen LogP contribution in [0.4, 0.5) is 0 Å². The number of phenolic OH excluding ortho intramolecular Hbond substituents is 1. The van der Waals surface area contributed by atoms with E-state index in [0.717, 1.165) is 19.1 Å². The Hall–Kier alpha value is -3.84. The number of rotatable bonds is 8. The zero-order chi connectivity index (χ0) is 32.6. The van der Waals surface area contributed by atoms with Crippen molar-refractivity contribution in [3.63, 3.8) is 0 Å². The molecule has 10 unspecified atom stereocenters. The number of benzene rings is 2. The van der Waals surface area contributed by atoms with Gasteiger partial charge in [0.1, 0.15) is 89.4 Å². The van der Waals surface area contributed by atoms with E-state index in [-0.39, 0.29) is 28.2 Å². The van der Waals surface area contributed by atoms with E-state index in [1.54, 1.807) is 0 Å². The van der Waals surface area contributed by atoms with Crippen molar-refractivity contribution >= 4 is 16.9 Å². The molecule has 0 aliphatic carbocycles. The van der Waals surface area contributed by atoms with Gasteiger partial charge in [-0.3, -0.25) is 9.59 Å².